The van der Waals surface area contributed by atoms with Crippen LogP contribution in [0.15, 0.2) is 30.3 Å². The van der Waals surface area contributed by atoms with Gasteiger partial charge in [0.2, 0.25) is 5.88 Å². The second kappa shape index (κ2) is 4.62. The highest BCUT2D eigenvalue weighted by atomic mass is 32.2. The number of aliphatic hydroxyl groups excluding tert-OH is 1. The highest BCUT2D eigenvalue weighted by Gasteiger charge is 2.30. The van der Waals surface area contributed by atoms with Gasteiger partial charge in [0.1, 0.15) is 11.4 Å². The molecule has 1 aromatic carbocycles. The van der Waals surface area contributed by atoms with Crippen LogP contribution in [-0.2, 0) is 16.0 Å². The summed E-state index contributed by atoms with van der Waals surface area (Å²) in [4.78, 5) is 0. The van der Waals surface area contributed by atoms with Crippen molar-refractivity contribution in [2.75, 3.05) is 10.6 Å². The van der Waals surface area contributed by atoms with E-state index in [2.05, 4.69) is 0 Å². The van der Waals surface area contributed by atoms with Gasteiger partial charge in [-0.05, 0) is 24.0 Å². The Morgan fingerprint density at radius 2 is 2.11 bits per heavy atom. The summed E-state index contributed by atoms with van der Waals surface area (Å²) < 4.78 is 25.9. The lowest BCUT2D eigenvalue weighted by Crippen LogP contribution is -2.29. The first-order valence-electron chi connectivity index (χ1n) is 4.98. The van der Waals surface area contributed by atoms with Crippen LogP contribution >= 0.6 is 11.8 Å². The molecule has 2 rings (SSSR count). The summed E-state index contributed by atoms with van der Waals surface area (Å²) in [6.45, 7) is 0. The first kappa shape index (κ1) is 12.9. The highest BCUT2D eigenvalue weighted by Crippen LogP contribution is 2.32. The lowest BCUT2D eigenvalue weighted by molar-refractivity contribution is 0.392. The van der Waals surface area contributed by atoms with Gasteiger partial charge in [-0.25, -0.2) is 9.03 Å². The molecule has 1 aliphatic heterocycles. The van der Waals surface area contributed by atoms with Crippen LogP contribution in [0.25, 0.3) is 0 Å². The normalized spacial score (nSPS) is 17.4. The van der Waals surface area contributed by atoms with Gasteiger partial charge in [-0.1, -0.05) is 6.07 Å². The first-order chi connectivity index (χ1) is 8.44. The summed E-state index contributed by atoms with van der Waals surface area (Å²) in [6, 6.07) is 4.73. The number of phenolic OH excluding ortho intramolecular Hbond substituents is 1. The quantitative estimate of drug-likeness (QED) is 0.779. The van der Waals surface area contributed by atoms with Crippen LogP contribution in [0.2, 0.25) is 0 Å². The number of phenols is 1. The molecule has 98 valence electrons. The Morgan fingerprint density at radius 1 is 1.39 bits per heavy atom. The molecule has 8 heteroatoms. The Morgan fingerprint density at radius 3 is 2.61 bits per heavy atom. The number of rotatable bonds is 3. The van der Waals surface area contributed by atoms with Crippen LogP contribution in [0.5, 0.6) is 5.75 Å². The molecule has 0 aromatic heterocycles. The number of thioether (sulfide) groups is 1. The molecule has 0 spiro atoms. The first-order valence-corrected chi connectivity index (χ1v) is 7.81. The molecule has 0 atom stereocenters. The zero-order valence-corrected chi connectivity index (χ0v) is 11.1. The SMILES string of the molecule is CSCc1ccc(N2C=C(O)NS2(=O)=O)c(O)c1. The van der Waals surface area contributed by atoms with Crippen LogP contribution in [0, 0.1) is 0 Å². The third-order valence-electron chi connectivity index (χ3n) is 2.32. The van der Waals surface area contributed by atoms with Crippen LogP contribution in [0.4, 0.5) is 5.69 Å². The van der Waals surface area contributed by atoms with Crippen LogP contribution in [0.1, 0.15) is 5.56 Å². The Labute approximate surface area is 109 Å². The number of hydrogen-bond acceptors (Lipinski definition) is 5. The van der Waals surface area contributed by atoms with E-state index in [1.807, 2.05) is 11.0 Å². The molecule has 18 heavy (non-hydrogen) atoms. The molecule has 3 N–H and O–H groups in total. The number of aliphatic hydroxyl groups is 1. The Kier molecular flexibility index (Phi) is 3.31. The third kappa shape index (κ3) is 2.34. The fourth-order valence-electron chi connectivity index (χ4n) is 1.60. The van der Waals surface area contributed by atoms with Crippen molar-refractivity contribution in [3.05, 3.63) is 35.8 Å². The monoisotopic (exact) mass is 288 g/mol. The van der Waals surface area contributed by atoms with E-state index >= 15 is 0 Å². The molecular weight excluding hydrogens is 276 g/mol. The zero-order valence-electron chi connectivity index (χ0n) is 9.49. The molecule has 1 heterocycles. The van der Waals surface area contributed by atoms with Gasteiger partial charge < -0.3 is 10.2 Å². The van der Waals surface area contributed by atoms with E-state index < -0.39 is 16.1 Å². The molecule has 0 fully saturated rings. The van der Waals surface area contributed by atoms with Crippen molar-refractivity contribution < 1.29 is 18.6 Å². The molecule has 0 bridgehead atoms. The molecule has 0 amide bonds. The summed E-state index contributed by atoms with van der Waals surface area (Å²) >= 11 is 1.59. The van der Waals surface area contributed by atoms with Gasteiger partial charge in [0.15, 0.2) is 0 Å². The maximum Gasteiger partial charge on any atom is 0.330 e. The standard InChI is InChI=1S/C10H12N2O4S2/c1-17-6-7-2-3-8(9(13)4-7)12-5-10(14)11-18(12,15)16/h2-5,11,13-14H,6H2,1H3. The topological polar surface area (TPSA) is 89.9 Å². The predicted octanol–water partition coefficient (Wildman–Crippen LogP) is 1.27. The summed E-state index contributed by atoms with van der Waals surface area (Å²) in [7, 11) is -3.86. The fraction of sp³-hybridized carbons (Fsp3) is 0.200. The van der Waals surface area contributed by atoms with E-state index in [1.165, 1.54) is 12.1 Å². The fourth-order valence-corrected chi connectivity index (χ4v) is 3.18. The number of nitrogens with zero attached hydrogens (tertiary/aromatic N) is 1. The van der Waals surface area contributed by atoms with Gasteiger partial charge in [0.25, 0.3) is 0 Å². The summed E-state index contributed by atoms with van der Waals surface area (Å²) in [5.41, 5.74) is 0.984. The van der Waals surface area contributed by atoms with Gasteiger partial charge in [0.05, 0.1) is 6.20 Å². The van der Waals surface area contributed by atoms with Gasteiger partial charge in [-0.3, -0.25) is 0 Å². The lowest BCUT2D eigenvalue weighted by Gasteiger charge is -2.15. The summed E-state index contributed by atoms with van der Waals surface area (Å²) in [6.07, 6.45) is 2.93. The third-order valence-corrected chi connectivity index (χ3v) is 4.23. The Bertz CT molecular complexity index is 598. The van der Waals surface area contributed by atoms with Crippen LogP contribution < -0.4 is 9.03 Å². The van der Waals surface area contributed by atoms with E-state index in [9.17, 15) is 18.6 Å². The second-order valence-electron chi connectivity index (χ2n) is 3.67. The molecular formula is C10H12N2O4S2. The van der Waals surface area contributed by atoms with Crippen LogP contribution in [-0.4, -0.2) is 24.9 Å². The van der Waals surface area contributed by atoms with Crippen molar-refractivity contribution in [1.29, 1.82) is 0 Å². The minimum absolute atomic E-state index is 0.0939. The van der Waals surface area contributed by atoms with Gasteiger partial charge in [-0.15, -0.1) is 0 Å². The number of aromatic hydroxyl groups is 1. The molecule has 6 nitrogen and oxygen atoms in total. The van der Waals surface area contributed by atoms with Crippen molar-refractivity contribution in [3.63, 3.8) is 0 Å². The molecule has 1 aliphatic rings. The molecule has 0 radical (unpaired) electrons. The second-order valence-corrected chi connectivity index (χ2v) is 6.09. The Hall–Kier alpha value is -1.54. The maximum atomic E-state index is 11.6. The molecule has 0 saturated heterocycles. The van der Waals surface area contributed by atoms with Gasteiger partial charge >= 0.3 is 10.2 Å². The van der Waals surface area contributed by atoms with Crippen molar-refractivity contribution in [1.82, 2.24) is 4.72 Å². The van der Waals surface area contributed by atoms with E-state index in [1.54, 1.807) is 17.8 Å². The Balaban J connectivity index is 2.40. The highest BCUT2D eigenvalue weighted by molar-refractivity contribution is 7.97. The average molecular weight is 288 g/mol. The predicted molar refractivity (Wildman–Crippen MR) is 70.6 cm³/mol. The smallest absolute Gasteiger partial charge is 0.330 e. The summed E-state index contributed by atoms with van der Waals surface area (Å²) in [5.74, 6) is 0.0837. The number of anilines is 1. The molecule has 0 saturated carbocycles. The lowest BCUT2D eigenvalue weighted by atomic mass is 10.2. The maximum absolute atomic E-state index is 11.6. The van der Waals surface area contributed by atoms with Crippen molar-refractivity contribution >= 4 is 27.7 Å². The van der Waals surface area contributed by atoms with Gasteiger partial charge in [0, 0.05) is 5.75 Å². The van der Waals surface area contributed by atoms with E-state index in [0.29, 0.717) is 0 Å². The van der Waals surface area contributed by atoms with Crippen molar-refractivity contribution in [3.8, 4) is 5.75 Å². The van der Waals surface area contributed by atoms with Crippen molar-refractivity contribution in [2.24, 2.45) is 0 Å². The number of benzene rings is 1. The largest absolute Gasteiger partial charge is 0.506 e. The zero-order chi connectivity index (χ0) is 13.3. The molecule has 0 aliphatic carbocycles. The molecule has 1 aromatic rings. The minimum atomic E-state index is -3.86. The van der Waals surface area contributed by atoms with E-state index in [4.69, 9.17) is 0 Å². The van der Waals surface area contributed by atoms with Crippen molar-refractivity contribution in [2.45, 2.75) is 5.75 Å². The number of nitrogens with one attached hydrogen (secondary N) is 1. The average Bonchev–Trinajstić information content (AvgIpc) is 2.52. The minimum Gasteiger partial charge on any atom is -0.506 e. The molecule has 0 unspecified atom stereocenters. The summed E-state index contributed by atoms with van der Waals surface area (Å²) in [5, 5.41) is 19.0. The van der Waals surface area contributed by atoms with E-state index in [-0.39, 0.29) is 11.4 Å². The van der Waals surface area contributed by atoms with Gasteiger partial charge in [-0.2, -0.15) is 20.2 Å². The van der Waals surface area contributed by atoms with E-state index in [0.717, 1.165) is 21.8 Å². The number of hydrogen-bond donors (Lipinski definition) is 3. The van der Waals surface area contributed by atoms with Crippen LogP contribution in [0.3, 0.4) is 0 Å².